The third-order valence-electron chi connectivity index (χ3n) is 3.24. The van der Waals surface area contributed by atoms with Crippen LogP contribution in [-0.2, 0) is 22.0 Å². The van der Waals surface area contributed by atoms with E-state index in [-0.39, 0.29) is 16.9 Å². The maximum absolute atomic E-state index is 12.3. The second kappa shape index (κ2) is 6.36. The Labute approximate surface area is 135 Å². The number of aromatic nitrogens is 1. The number of hydrogen-bond donors (Lipinski definition) is 2. The van der Waals surface area contributed by atoms with Crippen molar-refractivity contribution in [3.63, 3.8) is 0 Å². The van der Waals surface area contributed by atoms with Crippen molar-refractivity contribution in [3.8, 4) is 0 Å². The van der Waals surface area contributed by atoms with Gasteiger partial charge in [-0.05, 0) is 23.1 Å². The summed E-state index contributed by atoms with van der Waals surface area (Å²) < 4.78 is 27.2. The molecule has 2 N–H and O–H groups in total. The highest BCUT2D eigenvalue weighted by Gasteiger charge is 2.17. The van der Waals surface area contributed by atoms with Gasteiger partial charge in [-0.25, -0.2) is 18.1 Å². The summed E-state index contributed by atoms with van der Waals surface area (Å²) in [6.45, 7) is 6.46. The van der Waals surface area contributed by atoms with Gasteiger partial charge in [-0.15, -0.1) is 11.3 Å². The van der Waals surface area contributed by atoms with Crippen LogP contribution in [0.15, 0.2) is 34.5 Å². The van der Waals surface area contributed by atoms with Gasteiger partial charge in [0, 0.05) is 12.4 Å². The fraction of sp³-hybridized carbons (Fsp3) is 0.400. The van der Waals surface area contributed by atoms with Gasteiger partial charge in [0.1, 0.15) is 0 Å². The van der Waals surface area contributed by atoms with Crippen molar-refractivity contribution in [3.05, 3.63) is 40.9 Å². The van der Waals surface area contributed by atoms with E-state index in [0.29, 0.717) is 5.69 Å². The van der Waals surface area contributed by atoms with Crippen LogP contribution >= 0.6 is 11.3 Å². The Morgan fingerprint density at radius 1 is 1.18 bits per heavy atom. The van der Waals surface area contributed by atoms with E-state index in [1.165, 1.54) is 11.3 Å². The van der Waals surface area contributed by atoms with E-state index < -0.39 is 10.0 Å². The minimum absolute atomic E-state index is 0.000128. The minimum atomic E-state index is -3.52. The van der Waals surface area contributed by atoms with E-state index in [2.05, 4.69) is 35.8 Å². The fourth-order valence-electron chi connectivity index (χ4n) is 1.89. The first-order chi connectivity index (χ1) is 10.2. The molecule has 22 heavy (non-hydrogen) atoms. The van der Waals surface area contributed by atoms with Crippen molar-refractivity contribution >= 4 is 26.5 Å². The Balaban J connectivity index is 2.09. The number of sulfonamides is 1. The summed E-state index contributed by atoms with van der Waals surface area (Å²) in [5.74, 6) is 0. The molecule has 0 fully saturated rings. The van der Waals surface area contributed by atoms with Crippen molar-refractivity contribution in [2.24, 2.45) is 0 Å². The molecule has 1 aromatic carbocycles. The van der Waals surface area contributed by atoms with Gasteiger partial charge in [0.2, 0.25) is 10.0 Å². The molecule has 120 valence electrons. The maximum atomic E-state index is 12.3. The molecule has 1 aromatic heterocycles. The van der Waals surface area contributed by atoms with Gasteiger partial charge in [0.05, 0.1) is 17.1 Å². The number of thiazole rings is 1. The predicted octanol–water partition coefficient (Wildman–Crippen LogP) is 2.96. The molecule has 1 heterocycles. The van der Waals surface area contributed by atoms with Crippen LogP contribution in [0, 0.1) is 0 Å². The number of nitrogens with one attached hydrogen (secondary N) is 2. The summed E-state index contributed by atoms with van der Waals surface area (Å²) in [6, 6.07) is 7.00. The third kappa shape index (κ3) is 4.06. The molecule has 0 saturated carbocycles. The quantitative estimate of drug-likeness (QED) is 0.878. The standard InChI is InChI=1S/C15H21N3O2S2/c1-15(2,3)11-5-7-13(8-6-11)22(19,20)17-9-12-10-21-14(16-4)18-12/h5-8,10,17H,9H2,1-4H3,(H,16,18). The Morgan fingerprint density at radius 3 is 2.32 bits per heavy atom. The average molecular weight is 339 g/mol. The van der Waals surface area contributed by atoms with Gasteiger partial charge < -0.3 is 5.32 Å². The van der Waals surface area contributed by atoms with Crippen molar-refractivity contribution in [1.82, 2.24) is 9.71 Å². The molecular weight excluding hydrogens is 318 g/mol. The summed E-state index contributed by atoms with van der Waals surface area (Å²) in [6.07, 6.45) is 0. The lowest BCUT2D eigenvalue weighted by Gasteiger charge is -2.19. The molecule has 0 saturated heterocycles. The zero-order chi connectivity index (χ0) is 16.4. The lowest BCUT2D eigenvalue weighted by molar-refractivity contribution is 0.577. The number of rotatable bonds is 5. The van der Waals surface area contributed by atoms with Crippen LogP contribution in [-0.4, -0.2) is 20.4 Å². The highest BCUT2D eigenvalue weighted by atomic mass is 32.2. The van der Waals surface area contributed by atoms with Gasteiger partial charge in [-0.3, -0.25) is 0 Å². The highest BCUT2D eigenvalue weighted by Crippen LogP contribution is 2.23. The fourth-order valence-corrected chi connectivity index (χ4v) is 3.56. The Bertz CT molecular complexity index is 729. The molecule has 2 rings (SSSR count). The van der Waals surface area contributed by atoms with Crippen LogP contribution in [0.2, 0.25) is 0 Å². The number of benzene rings is 1. The molecule has 7 heteroatoms. The van der Waals surface area contributed by atoms with Gasteiger partial charge in [-0.1, -0.05) is 32.9 Å². The lowest BCUT2D eigenvalue weighted by Crippen LogP contribution is -2.23. The zero-order valence-electron chi connectivity index (χ0n) is 13.2. The van der Waals surface area contributed by atoms with Crippen molar-refractivity contribution < 1.29 is 8.42 Å². The van der Waals surface area contributed by atoms with Crippen LogP contribution in [0.1, 0.15) is 32.0 Å². The molecule has 0 bridgehead atoms. The predicted molar refractivity (Wildman–Crippen MR) is 90.8 cm³/mol. The Kier molecular flexibility index (Phi) is 4.89. The number of nitrogens with zero attached hydrogens (tertiary/aromatic N) is 1. The van der Waals surface area contributed by atoms with Crippen molar-refractivity contribution in [2.75, 3.05) is 12.4 Å². The molecule has 0 aliphatic carbocycles. The van der Waals surface area contributed by atoms with Gasteiger partial charge in [0.15, 0.2) is 5.13 Å². The summed E-state index contributed by atoms with van der Waals surface area (Å²) in [5.41, 5.74) is 1.80. The van der Waals surface area contributed by atoms with Gasteiger partial charge >= 0.3 is 0 Å². The lowest BCUT2D eigenvalue weighted by atomic mass is 9.87. The van der Waals surface area contributed by atoms with E-state index in [1.807, 2.05) is 17.5 Å². The molecule has 0 amide bonds. The molecule has 0 aliphatic heterocycles. The van der Waals surface area contributed by atoms with E-state index in [0.717, 1.165) is 10.7 Å². The molecule has 0 spiro atoms. The largest absolute Gasteiger partial charge is 0.365 e. The second-order valence-electron chi connectivity index (χ2n) is 5.99. The summed E-state index contributed by atoms with van der Waals surface area (Å²) in [5, 5.41) is 5.52. The highest BCUT2D eigenvalue weighted by molar-refractivity contribution is 7.89. The Hall–Kier alpha value is -1.44. The van der Waals surface area contributed by atoms with Gasteiger partial charge in [0.25, 0.3) is 0 Å². The topological polar surface area (TPSA) is 71.1 Å². The van der Waals surface area contributed by atoms with Crippen LogP contribution in [0.5, 0.6) is 0 Å². The van der Waals surface area contributed by atoms with E-state index in [1.54, 1.807) is 19.2 Å². The third-order valence-corrected chi connectivity index (χ3v) is 5.57. The SMILES string of the molecule is CNc1nc(CNS(=O)(=O)c2ccc(C(C)(C)C)cc2)cs1. The number of anilines is 1. The van der Waals surface area contributed by atoms with Crippen molar-refractivity contribution in [1.29, 1.82) is 0 Å². The van der Waals surface area contributed by atoms with Gasteiger partial charge in [-0.2, -0.15) is 0 Å². The molecule has 0 radical (unpaired) electrons. The van der Waals surface area contributed by atoms with E-state index in [4.69, 9.17) is 0 Å². The molecule has 0 unspecified atom stereocenters. The van der Waals surface area contributed by atoms with E-state index >= 15 is 0 Å². The molecule has 2 aromatic rings. The molecule has 0 aliphatic rings. The van der Waals surface area contributed by atoms with E-state index in [9.17, 15) is 8.42 Å². The monoisotopic (exact) mass is 339 g/mol. The maximum Gasteiger partial charge on any atom is 0.240 e. The average Bonchev–Trinajstić information content (AvgIpc) is 2.93. The molecular formula is C15H21N3O2S2. The Morgan fingerprint density at radius 2 is 1.82 bits per heavy atom. The zero-order valence-corrected chi connectivity index (χ0v) is 14.8. The summed E-state index contributed by atoms with van der Waals surface area (Å²) >= 11 is 1.44. The van der Waals surface area contributed by atoms with Crippen LogP contribution in [0.3, 0.4) is 0 Å². The minimum Gasteiger partial charge on any atom is -0.365 e. The summed E-state index contributed by atoms with van der Waals surface area (Å²) in [4.78, 5) is 4.52. The first kappa shape index (κ1) is 16.9. The van der Waals surface area contributed by atoms with Crippen LogP contribution in [0.4, 0.5) is 5.13 Å². The first-order valence-corrected chi connectivity index (χ1v) is 9.31. The normalized spacial score (nSPS) is 12.4. The molecule has 0 atom stereocenters. The van der Waals surface area contributed by atoms with Crippen LogP contribution in [0.25, 0.3) is 0 Å². The van der Waals surface area contributed by atoms with Crippen molar-refractivity contribution in [2.45, 2.75) is 37.6 Å². The first-order valence-electron chi connectivity index (χ1n) is 6.95. The molecule has 5 nitrogen and oxygen atoms in total. The number of hydrogen-bond acceptors (Lipinski definition) is 5. The second-order valence-corrected chi connectivity index (χ2v) is 8.62. The smallest absolute Gasteiger partial charge is 0.240 e. The summed E-state index contributed by atoms with van der Waals surface area (Å²) in [7, 11) is -1.74. The van der Waals surface area contributed by atoms with Crippen LogP contribution < -0.4 is 10.0 Å².